The van der Waals surface area contributed by atoms with E-state index < -0.39 is 0 Å². The molecule has 1 aromatic heterocycles. The van der Waals surface area contributed by atoms with Crippen molar-refractivity contribution in [3.05, 3.63) is 11.6 Å². The summed E-state index contributed by atoms with van der Waals surface area (Å²) in [4.78, 5) is 3.90. The molecular formula is C3H4NPS. The van der Waals surface area contributed by atoms with Crippen LogP contribution in [-0.4, -0.2) is 4.98 Å². The van der Waals surface area contributed by atoms with E-state index >= 15 is 0 Å². The van der Waals surface area contributed by atoms with E-state index in [1.807, 2.05) is 5.38 Å². The molecule has 0 N–H and O–H groups in total. The Balaban J connectivity index is 3.05. The molecule has 1 aromatic rings. The largest absolute Gasteiger partial charge is 0.245 e. The summed E-state index contributed by atoms with van der Waals surface area (Å²) < 4.78 is 1.05. The zero-order chi connectivity index (χ0) is 4.41. The highest BCUT2D eigenvalue weighted by Gasteiger charge is 1.76. The highest BCUT2D eigenvalue weighted by Crippen LogP contribution is 1.91. The molecule has 3 heteroatoms. The van der Waals surface area contributed by atoms with E-state index in [0.717, 1.165) is 4.75 Å². The standard InChI is InChI=1S/C3H4NPS/c5-3-4-1-2-6-3/h1-2H,5H2. The van der Waals surface area contributed by atoms with Crippen LogP contribution in [0.3, 0.4) is 0 Å². The quantitative estimate of drug-likeness (QED) is 0.454. The Morgan fingerprint density at radius 3 is 2.83 bits per heavy atom. The lowest BCUT2D eigenvalue weighted by Crippen LogP contribution is -1.79. The molecule has 1 nitrogen and oxygen atoms in total. The monoisotopic (exact) mass is 117 g/mol. The van der Waals surface area contributed by atoms with E-state index in [9.17, 15) is 0 Å². The summed E-state index contributed by atoms with van der Waals surface area (Å²) >= 11 is 1.63. The number of hydrogen-bond donors (Lipinski definition) is 0. The Labute approximate surface area is 42.6 Å². The van der Waals surface area contributed by atoms with Gasteiger partial charge in [-0.3, -0.25) is 0 Å². The van der Waals surface area contributed by atoms with Crippen molar-refractivity contribution in [3.63, 3.8) is 0 Å². The van der Waals surface area contributed by atoms with Crippen LogP contribution < -0.4 is 4.75 Å². The van der Waals surface area contributed by atoms with Gasteiger partial charge in [0.1, 0.15) is 4.75 Å². The molecular weight excluding hydrogens is 113 g/mol. The van der Waals surface area contributed by atoms with E-state index in [0.29, 0.717) is 0 Å². The average molecular weight is 117 g/mol. The molecule has 6 heavy (non-hydrogen) atoms. The minimum Gasteiger partial charge on any atom is -0.245 e. The fourth-order valence-corrected chi connectivity index (χ4v) is 0.939. The molecule has 0 aliphatic carbocycles. The third-order valence-electron chi connectivity index (χ3n) is 0.451. The van der Waals surface area contributed by atoms with Gasteiger partial charge in [0, 0.05) is 11.6 Å². The Kier molecular flexibility index (Phi) is 1.18. The lowest BCUT2D eigenvalue weighted by molar-refractivity contribution is 1.48. The SMILES string of the molecule is Pc1nccs1. The van der Waals surface area contributed by atoms with Crippen LogP contribution in [0, 0.1) is 0 Å². The van der Waals surface area contributed by atoms with E-state index in [1.165, 1.54) is 0 Å². The van der Waals surface area contributed by atoms with Crippen molar-refractivity contribution in [1.82, 2.24) is 4.98 Å². The lowest BCUT2D eigenvalue weighted by Gasteiger charge is -1.65. The van der Waals surface area contributed by atoms with Crippen molar-refractivity contribution in [2.24, 2.45) is 0 Å². The van der Waals surface area contributed by atoms with E-state index in [2.05, 4.69) is 14.2 Å². The van der Waals surface area contributed by atoms with Crippen LogP contribution in [0.4, 0.5) is 0 Å². The molecule has 0 radical (unpaired) electrons. The summed E-state index contributed by atoms with van der Waals surface area (Å²) in [7, 11) is 2.52. The van der Waals surface area contributed by atoms with E-state index in [-0.39, 0.29) is 0 Å². The molecule has 1 heterocycles. The minimum atomic E-state index is 1.05. The van der Waals surface area contributed by atoms with Gasteiger partial charge in [0.25, 0.3) is 0 Å². The van der Waals surface area contributed by atoms with Crippen LogP contribution in [0.1, 0.15) is 0 Å². The first-order valence-electron chi connectivity index (χ1n) is 1.54. The van der Waals surface area contributed by atoms with Gasteiger partial charge in [-0.1, -0.05) is 9.24 Å². The maximum Gasteiger partial charge on any atom is 0.109 e. The van der Waals surface area contributed by atoms with Crippen molar-refractivity contribution in [3.8, 4) is 0 Å². The topological polar surface area (TPSA) is 12.9 Å². The van der Waals surface area contributed by atoms with Crippen molar-refractivity contribution >= 4 is 25.3 Å². The van der Waals surface area contributed by atoms with Gasteiger partial charge in [-0.25, -0.2) is 4.98 Å². The van der Waals surface area contributed by atoms with Crippen LogP contribution in [0.2, 0.25) is 0 Å². The minimum absolute atomic E-state index is 1.05. The maximum absolute atomic E-state index is 3.90. The molecule has 0 aromatic carbocycles. The number of aromatic nitrogens is 1. The fourth-order valence-electron chi connectivity index (χ4n) is 0.234. The van der Waals surface area contributed by atoms with Crippen LogP contribution in [0.15, 0.2) is 11.6 Å². The first kappa shape index (κ1) is 4.23. The van der Waals surface area contributed by atoms with E-state index in [4.69, 9.17) is 0 Å². The highest BCUT2D eigenvalue weighted by molar-refractivity contribution is 7.42. The lowest BCUT2D eigenvalue weighted by atomic mass is 11.0. The first-order valence-corrected chi connectivity index (χ1v) is 3.00. The zero-order valence-corrected chi connectivity index (χ0v) is 5.06. The Bertz CT molecular complexity index is 114. The van der Waals surface area contributed by atoms with Crippen LogP contribution in [0.5, 0.6) is 0 Å². The van der Waals surface area contributed by atoms with Gasteiger partial charge in [0.2, 0.25) is 0 Å². The number of hydrogen-bond acceptors (Lipinski definition) is 2. The molecule has 1 atom stereocenters. The molecule has 0 fully saturated rings. The Morgan fingerprint density at radius 1 is 1.83 bits per heavy atom. The molecule has 1 rings (SSSR count). The molecule has 0 saturated carbocycles. The molecule has 0 bridgehead atoms. The zero-order valence-electron chi connectivity index (χ0n) is 3.09. The molecule has 1 unspecified atom stereocenters. The average Bonchev–Trinajstić information content (AvgIpc) is 1.86. The summed E-state index contributed by atoms with van der Waals surface area (Å²) in [5, 5.41) is 1.95. The molecule has 0 spiro atoms. The van der Waals surface area contributed by atoms with Crippen molar-refractivity contribution in [1.29, 1.82) is 0 Å². The second kappa shape index (κ2) is 1.67. The smallest absolute Gasteiger partial charge is 0.109 e. The third kappa shape index (κ3) is 0.763. The van der Waals surface area contributed by atoms with Gasteiger partial charge in [-0.2, -0.15) is 0 Å². The van der Waals surface area contributed by atoms with Crippen molar-refractivity contribution < 1.29 is 0 Å². The molecule has 0 aliphatic heterocycles. The molecule has 0 aliphatic rings. The Hall–Kier alpha value is 0.0600. The second-order valence-corrected chi connectivity index (χ2v) is 2.76. The summed E-state index contributed by atoms with van der Waals surface area (Å²) in [6.07, 6.45) is 1.78. The predicted molar refractivity (Wildman–Crippen MR) is 31.5 cm³/mol. The van der Waals surface area contributed by atoms with Crippen LogP contribution >= 0.6 is 20.6 Å². The summed E-state index contributed by atoms with van der Waals surface area (Å²) in [6.45, 7) is 0. The predicted octanol–water partition coefficient (Wildman–Crippen LogP) is 0.643. The number of nitrogens with zero attached hydrogens (tertiary/aromatic N) is 1. The van der Waals surface area contributed by atoms with Gasteiger partial charge in [0.15, 0.2) is 0 Å². The maximum atomic E-state index is 3.90. The normalized spacial score (nSPS) is 8.83. The summed E-state index contributed by atoms with van der Waals surface area (Å²) in [5.41, 5.74) is 0. The Morgan fingerprint density at radius 2 is 2.67 bits per heavy atom. The van der Waals surface area contributed by atoms with Gasteiger partial charge in [-0.15, -0.1) is 11.3 Å². The van der Waals surface area contributed by atoms with Crippen molar-refractivity contribution in [2.45, 2.75) is 0 Å². The van der Waals surface area contributed by atoms with Crippen molar-refractivity contribution in [2.75, 3.05) is 0 Å². The van der Waals surface area contributed by atoms with Gasteiger partial charge in [-0.05, 0) is 0 Å². The first-order chi connectivity index (χ1) is 2.89. The summed E-state index contributed by atoms with van der Waals surface area (Å²) in [6, 6.07) is 0. The van der Waals surface area contributed by atoms with Gasteiger partial charge < -0.3 is 0 Å². The highest BCUT2D eigenvalue weighted by atomic mass is 32.1. The van der Waals surface area contributed by atoms with Crippen LogP contribution in [0.25, 0.3) is 0 Å². The fraction of sp³-hybridized carbons (Fsp3) is 0. The summed E-state index contributed by atoms with van der Waals surface area (Å²) in [5.74, 6) is 0. The van der Waals surface area contributed by atoms with Crippen LogP contribution in [-0.2, 0) is 0 Å². The second-order valence-electron chi connectivity index (χ2n) is 0.870. The number of rotatable bonds is 0. The van der Waals surface area contributed by atoms with Gasteiger partial charge >= 0.3 is 0 Å². The molecule has 0 amide bonds. The third-order valence-corrected chi connectivity index (χ3v) is 1.61. The molecule has 32 valence electrons. The van der Waals surface area contributed by atoms with Gasteiger partial charge in [0.05, 0.1) is 0 Å². The van der Waals surface area contributed by atoms with E-state index in [1.54, 1.807) is 17.5 Å². The molecule has 0 saturated heterocycles. The number of thiazole rings is 1.